The standard InChI is InChI=1S/C22H17Cl4NO4/c1-30-20-7-14(10-27-19-6-12(22(28)29)3-5-16(19)24)18(26)9-21(20)31-11-13-2-4-15(23)8-17(13)25/h2-9,27H,10-11H2,1H3,(H,28,29). The molecular formula is C22H17Cl4NO4. The fraction of sp³-hybridized carbons (Fsp3) is 0.136. The Morgan fingerprint density at radius 1 is 0.903 bits per heavy atom. The molecule has 0 atom stereocenters. The van der Waals surface area contributed by atoms with Crippen LogP contribution in [0.4, 0.5) is 5.69 Å². The molecule has 3 aromatic rings. The molecule has 0 bridgehead atoms. The monoisotopic (exact) mass is 499 g/mol. The van der Waals surface area contributed by atoms with Gasteiger partial charge in [0.15, 0.2) is 11.5 Å². The maximum atomic E-state index is 11.2. The number of rotatable bonds is 8. The van der Waals surface area contributed by atoms with Crippen molar-refractivity contribution in [1.82, 2.24) is 0 Å². The van der Waals surface area contributed by atoms with E-state index in [9.17, 15) is 4.79 Å². The van der Waals surface area contributed by atoms with E-state index in [-0.39, 0.29) is 12.2 Å². The third-order valence-electron chi connectivity index (χ3n) is 4.41. The van der Waals surface area contributed by atoms with E-state index in [2.05, 4.69) is 5.32 Å². The summed E-state index contributed by atoms with van der Waals surface area (Å²) in [6, 6.07) is 13.0. The summed E-state index contributed by atoms with van der Waals surface area (Å²) in [6.45, 7) is 0.499. The van der Waals surface area contributed by atoms with Crippen LogP contribution in [0, 0.1) is 0 Å². The molecule has 2 N–H and O–H groups in total. The average Bonchev–Trinajstić information content (AvgIpc) is 2.73. The molecule has 0 unspecified atom stereocenters. The summed E-state index contributed by atoms with van der Waals surface area (Å²) in [5.74, 6) is -0.105. The van der Waals surface area contributed by atoms with Crippen LogP contribution >= 0.6 is 46.4 Å². The molecule has 0 fully saturated rings. The van der Waals surface area contributed by atoms with Gasteiger partial charge in [-0.15, -0.1) is 0 Å². The Hall–Kier alpha value is -2.31. The first-order valence-electron chi connectivity index (χ1n) is 8.98. The van der Waals surface area contributed by atoms with Crippen LogP contribution in [0.25, 0.3) is 0 Å². The summed E-state index contributed by atoms with van der Waals surface area (Å²) in [6.07, 6.45) is 0. The van der Waals surface area contributed by atoms with E-state index in [1.54, 1.807) is 30.3 Å². The Labute approximate surface area is 199 Å². The summed E-state index contributed by atoms with van der Waals surface area (Å²) in [7, 11) is 1.52. The van der Waals surface area contributed by atoms with E-state index in [4.69, 9.17) is 61.0 Å². The third-order valence-corrected chi connectivity index (χ3v) is 5.68. The number of benzene rings is 3. The van der Waals surface area contributed by atoms with Crippen molar-refractivity contribution in [1.29, 1.82) is 0 Å². The SMILES string of the molecule is COc1cc(CNc2cc(C(=O)O)ccc2Cl)c(Cl)cc1OCc1ccc(Cl)cc1Cl. The quantitative estimate of drug-likeness (QED) is 0.342. The van der Waals surface area contributed by atoms with Crippen LogP contribution in [0.2, 0.25) is 20.1 Å². The van der Waals surface area contributed by atoms with Crippen molar-refractivity contribution < 1.29 is 19.4 Å². The van der Waals surface area contributed by atoms with E-state index in [0.717, 1.165) is 5.56 Å². The highest BCUT2D eigenvalue weighted by molar-refractivity contribution is 6.35. The molecule has 0 saturated heterocycles. The van der Waals surface area contributed by atoms with Crippen LogP contribution in [-0.2, 0) is 13.2 Å². The minimum atomic E-state index is -1.04. The molecule has 0 radical (unpaired) electrons. The Balaban J connectivity index is 1.76. The number of methoxy groups -OCH3 is 1. The number of nitrogens with one attached hydrogen (secondary N) is 1. The van der Waals surface area contributed by atoms with E-state index >= 15 is 0 Å². The van der Waals surface area contributed by atoms with Crippen molar-refractivity contribution in [3.63, 3.8) is 0 Å². The van der Waals surface area contributed by atoms with Crippen LogP contribution in [0.3, 0.4) is 0 Å². The lowest BCUT2D eigenvalue weighted by Crippen LogP contribution is -2.05. The largest absolute Gasteiger partial charge is 0.493 e. The summed E-state index contributed by atoms with van der Waals surface area (Å²) in [5, 5.41) is 14.1. The smallest absolute Gasteiger partial charge is 0.335 e. The molecule has 0 aliphatic rings. The predicted molar refractivity (Wildman–Crippen MR) is 125 cm³/mol. The Morgan fingerprint density at radius 3 is 2.32 bits per heavy atom. The molecule has 9 heteroatoms. The topological polar surface area (TPSA) is 67.8 Å². The molecule has 3 rings (SSSR count). The van der Waals surface area contributed by atoms with Gasteiger partial charge in [-0.05, 0) is 42.0 Å². The molecule has 3 aromatic carbocycles. The zero-order chi connectivity index (χ0) is 22.5. The number of carbonyl (C=O) groups is 1. The van der Waals surface area contributed by atoms with Gasteiger partial charge in [0.05, 0.1) is 23.4 Å². The van der Waals surface area contributed by atoms with Crippen LogP contribution in [-0.4, -0.2) is 18.2 Å². The van der Waals surface area contributed by atoms with Crippen molar-refractivity contribution in [3.8, 4) is 11.5 Å². The second-order valence-corrected chi connectivity index (χ2v) is 8.13. The van der Waals surface area contributed by atoms with Crippen molar-refractivity contribution in [2.24, 2.45) is 0 Å². The number of carboxylic acids is 1. The van der Waals surface area contributed by atoms with Crippen LogP contribution < -0.4 is 14.8 Å². The van der Waals surface area contributed by atoms with Crippen molar-refractivity contribution in [2.45, 2.75) is 13.2 Å². The number of hydrogen-bond acceptors (Lipinski definition) is 4. The van der Waals surface area contributed by atoms with E-state index in [0.29, 0.717) is 49.4 Å². The Morgan fingerprint density at radius 2 is 1.65 bits per heavy atom. The third kappa shape index (κ3) is 5.89. The highest BCUT2D eigenvalue weighted by Gasteiger charge is 2.13. The van der Waals surface area contributed by atoms with Gasteiger partial charge in [-0.25, -0.2) is 4.79 Å². The van der Waals surface area contributed by atoms with Gasteiger partial charge in [0, 0.05) is 33.2 Å². The Bertz CT molecular complexity index is 1120. The van der Waals surface area contributed by atoms with Gasteiger partial charge >= 0.3 is 5.97 Å². The lowest BCUT2D eigenvalue weighted by molar-refractivity contribution is 0.0697. The highest BCUT2D eigenvalue weighted by Crippen LogP contribution is 2.35. The first-order valence-corrected chi connectivity index (χ1v) is 10.5. The number of aromatic carboxylic acids is 1. The minimum absolute atomic E-state index is 0.125. The van der Waals surface area contributed by atoms with Crippen molar-refractivity contribution in [2.75, 3.05) is 12.4 Å². The van der Waals surface area contributed by atoms with Crippen LogP contribution in [0.1, 0.15) is 21.5 Å². The van der Waals surface area contributed by atoms with E-state index < -0.39 is 5.97 Å². The van der Waals surface area contributed by atoms with Gasteiger partial charge in [-0.2, -0.15) is 0 Å². The van der Waals surface area contributed by atoms with Crippen molar-refractivity contribution >= 4 is 58.1 Å². The fourth-order valence-corrected chi connectivity index (χ4v) is 3.63. The van der Waals surface area contributed by atoms with Gasteiger partial charge in [-0.1, -0.05) is 52.5 Å². The predicted octanol–water partition coefficient (Wildman–Crippen LogP) is 7.20. The van der Waals surface area contributed by atoms with Gasteiger partial charge in [0.25, 0.3) is 0 Å². The zero-order valence-corrected chi connectivity index (χ0v) is 19.2. The van der Waals surface area contributed by atoms with Crippen LogP contribution in [0.5, 0.6) is 11.5 Å². The molecule has 162 valence electrons. The highest BCUT2D eigenvalue weighted by atomic mass is 35.5. The molecule has 31 heavy (non-hydrogen) atoms. The lowest BCUT2D eigenvalue weighted by Gasteiger charge is -2.16. The molecule has 0 amide bonds. The number of carboxylic acid groups (broad SMARTS) is 1. The molecule has 0 aromatic heterocycles. The van der Waals surface area contributed by atoms with E-state index in [1.807, 2.05) is 0 Å². The molecular weight excluding hydrogens is 484 g/mol. The summed E-state index contributed by atoms with van der Waals surface area (Å²) >= 11 is 24.7. The van der Waals surface area contributed by atoms with Gasteiger partial charge in [0.1, 0.15) is 6.61 Å². The summed E-state index contributed by atoms with van der Waals surface area (Å²) < 4.78 is 11.3. The van der Waals surface area contributed by atoms with E-state index in [1.165, 1.54) is 25.3 Å². The number of halogens is 4. The normalized spacial score (nSPS) is 10.6. The van der Waals surface area contributed by atoms with Crippen molar-refractivity contribution in [3.05, 3.63) is 85.3 Å². The molecule has 0 heterocycles. The minimum Gasteiger partial charge on any atom is -0.493 e. The molecule has 0 spiro atoms. The fourth-order valence-electron chi connectivity index (χ4n) is 2.76. The first kappa shape index (κ1) is 23.4. The molecule has 5 nitrogen and oxygen atoms in total. The van der Waals surface area contributed by atoms with Gasteiger partial charge in [0.2, 0.25) is 0 Å². The first-order chi connectivity index (χ1) is 14.8. The summed E-state index contributed by atoms with van der Waals surface area (Å²) in [4.78, 5) is 11.2. The Kier molecular flexibility index (Phi) is 7.79. The second-order valence-electron chi connectivity index (χ2n) is 6.47. The summed E-state index contributed by atoms with van der Waals surface area (Å²) in [5.41, 5.74) is 2.09. The molecule has 0 saturated carbocycles. The number of anilines is 1. The number of ether oxygens (including phenoxy) is 2. The number of hydrogen-bond donors (Lipinski definition) is 2. The average molecular weight is 501 g/mol. The second kappa shape index (κ2) is 10.3. The maximum absolute atomic E-state index is 11.2. The van der Waals surface area contributed by atoms with Gasteiger partial charge < -0.3 is 19.9 Å². The lowest BCUT2D eigenvalue weighted by atomic mass is 10.1. The van der Waals surface area contributed by atoms with Crippen LogP contribution in [0.15, 0.2) is 48.5 Å². The molecule has 0 aliphatic carbocycles. The maximum Gasteiger partial charge on any atom is 0.335 e. The molecule has 0 aliphatic heterocycles. The van der Waals surface area contributed by atoms with Gasteiger partial charge in [-0.3, -0.25) is 0 Å². The zero-order valence-electron chi connectivity index (χ0n) is 16.2.